The molecule has 1 atom stereocenters. The van der Waals surface area contributed by atoms with Crippen LogP contribution in [0.15, 0.2) is 23.6 Å². The predicted octanol–water partition coefficient (Wildman–Crippen LogP) is 3.62. The second-order valence-electron chi connectivity index (χ2n) is 4.73. The van der Waals surface area contributed by atoms with Crippen molar-refractivity contribution in [1.29, 1.82) is 0 Å². The van der Waals surface area contributed by atoms with Gasteiger partial charge in [-0.25, -0.2) is 4.98 Å². The van der Waals surface area contributed by atoms with E-state index in [0.717, 1.165) is 23.0 Å². The number of ether oxygens (including phenoxy) is 1. The van der Waals surface area contributed by atoms with Crippen molar-refractivity contribution in [1.82, 2.24) is 10.3 Å². The molecule has 0 fully saturated rings. The highest BCUT2D eigenvalue weighted by Gasteiger charge is 2.09. The molecule has 0 amide bonds. The molecule has 2 rings (SSSR count). The van der Waals surface area contributed by atoms with Crippen molar-refractivity contribution in [3.63, 3.8) is 0 Å². The number of hydrogen-bond donors (Lipinski definition) is 1. The molecule has 1 aromatic heterocycles. The van der Waals surface area contributed by atoms with Crippen LogP contribution in [-0.2, 0) is 6.54 Å². The molecule has 0 radical (unpaired) electrons. The number of hydrogen-bond acceptors (Lipinski definition) is 4. The summed E-state index contributed by atoms with van der Waals surface area (Å²) in [5.74, 6) is 0.937. The Morgan fingerprint density at radius 2 is 2.16 bits per heavy atom. The topological polar surface area (TPSA) is 34.1 Å². The first-order valence-electron chi connectivity index (χ1n) is 6.39. The lowest BCUT2D eigenvalue weighted by Crippen LogP contribution is -2.18. The molecular weight excluding hydrogens is 256 g/mol. The van der Waals surface area contributed by atoms with E-state index in [-0.39, 0.29) is 6.04 Å². The number of aryl methyl sites for hydroxylation is 2. The lowest BCUT2D eigenvalue weighted by Gasteiger charge is -2.12. The molecule has 1 heterocycles. The van der Waals surface area contributed by atoms with Gasteiger partial charge in [0.25, 0.3) is 0 Å². The zero-order valence-corrected chi connectivity index (χ0v) is 12.7. The molecule has 0 spiro atoms. The first-order valence-corrected chi connectivity index (χ1v) is 7.27. The van der Waals surface area contributed by atoms with Crippen LogP contribution in [0.2, 0.25) is 0 Å². The quantitative estimate of drug-likeness (QED) is 0.905. The van der Waals surface area contributed by atoms with Crippen molar-refractivity contribution in [2.24, 2.45) is 0 Å². The molecule has 19 heavy (non-hydrogen) atoms. The fourth-order valence-electron chi connectivity index (χ4n) is 1.98. The molecule has 1 aromatic carbocycles. The van der Waals surface area contributed by atoms with Crippen molar-refractivity contribution in [2.75, 3.05) is 7.11 Å². The maximum atomic E-state index is 5.27. The summed E-state index contributed by atoms with van der Waals surface area (Å²) in [5, 5.41) is 6.73. The van der Waals surface area contributed by atoms with Gasteiger partial charge in [-0.05, 0) is 38.0 Å². The molecule has 0 aliphatic rings. The van der Waals surface area contributed by atoms with Crippen LogP contribution in [0.5, 0.6) is 5.75 Å². The average molecular weight is 276 g/mol. The molecule has 0 aliphatic heterocycles. The lowest BCUT2D eigenvalue weighted by atomic mass is 10.1. The minimum absolute atomic E-state index is 0.279. The van der Waals surface area contributed by atoms with Crippen LogP contribution < -0.4 is 10.1 Å². The summed E-state index contributed by atoms with van der Waals surface area (Å²) in [5.41, 5.74) is 3.52. The molecule has 3 nitrogen and oxygen atoms in total. The van der Waals surface area contributed by atoms with Gasteiger partial charge in [0, 0.05) is 17.6 Å². The highest BCUT2D eigenvalue weighted by molar-refractivity contribution is 7.09. The van der Waals surface area contributed by atoms with Gasteiger partial charge in [0.1, 0.15) is 10.8 Å². The van der Waals surface area contributed by atoms with Crippen LogP contribution in [0.25, 0.3) is 0 Å². The number of thiazole rings is 1. The van der Waals surface area contributed by atoms with Crippen LogP contribution in [0.4, 0.5) is 0 Å². The summed E-state index contributed by atoms with van der Waals surface area (Å²) in [4.78, 5) is 4.50. The molecule has 1 N–H and O–H groups in total. The van der Waals surface area contributed by atoms with Crippen LogP contribution in [-0.4, -0.2) is 12.1 Å². The van der Waals surface area contributed by atoms with Gasteiger partial charge in [0.15, 0.2) is 0 Å². The third-order valence-corrected chi connectivity index (χ3v) is 4.22. The third-order valence-electron chi connectivity index (χ3n) is 3.08. The van der Waals surface area contributed by atoms with Crippen LogP contribution in [0.3, 0.4) is 0 Å². The van der Waals surface area contributed by atoms with Gasteiger partial charge in [-0.3, -0.25) is 0 Å². The van der Waals surface area contributed by atoms with Gasteiger partial charge in [-0.15, -0.1) is 11.3 Å². The first kappa shape index (κ1) is 14.0. The fourth-order valence-corrected chi connectivity index (χ4v) is 2.81. The number of aromatic nitrogens is 1. The monoisotopic (exact) mass is 276 g/mol. The van der Waals surface area contributed by atoms with E-state index in [4.69, 9.17) is 4.74 Å². The van der Waals surface area contributed by atoms with Crippen LogP contribution in [0, 0.1) is 13.8 Å². The summed E-state index contributed by atoms with van der Waals surface area (Å²) >= 11 is 1.71. The Labute approximate surface area is 118 Å². The van der Waals surface area contributed by atoms with Crippen molar-refractivity contribution in [2.45, 2.75) is 33.4 Å². The molecular formula is C15H20N2OS. The van der Waals surface area contributed by atoms with Gasteiger partial charge >= 0.3 is 0 Å². The summed E-state index contributed by atoms with van der Waals surface area (Å²) in [6.45, 7) is 7.08. The van der Waals surface area contributed by atoms with E-state index in [1.165, 1.54) is 11.1 Å². The Morgan fingerprint density at radius 3 is 2.74 bits per heavy atom. The summed E-state index contributed by atoms with van der Waals surface area (Å²) in [7, 11) is 1.70. The summed E-state index contributed by atoms with van der Waals surface area (Å²) in [6, 6.07) is 6.55. The molecule has 0 saturated heterocycles. The van der Waals surface area contributed by atoms with E-state index in [2.05, 4.69) is 41.7 Å². The normalized spacial score (nSPS) is 12.4. The van der Waals surface area contributed by atoms with Crippen LogP contribution >= 0.6 is 11.3 Å². The highest BCUT2D eigenvalue weighted by atomic mass is 32.1. The van der Waals surface area contributed by atoms with E-state index in [1.54, 1.807) is 18.4 Å². The Kier molecular flexibility index (Phi) is 4.56. The van der Waals surface area contributed by atoms with E-state index in [0.29, 0.717) is 0 Å². The number of rotatable bonds is 5. The van der Waals surface area contributed by atoms with E-state index >= 15 is 0 Å². The zero-order valence-electron chi connectivity index (χ0n) is 11.9. The van der Waals surface area contributed by atoms with Crippen molar-refractivity contribution < 1.29 is 4.74 Å². The van der Waals surface area contributed by atoms with Gasteiger partial charge in [-0.1, -0.05) is 12.1 Å². The minimum atomic E-state index is 0.279. The predicted molar refractivity (Wildman–Crippen MR) is 79.8 cm³/mol. The first-order chi connectivity index (χ1) is 9.10. The standard InChI is InChI=1S/C15H20N2OS/c1-10-7-13(5-6-14(10)18-4)8-16-12(3)15-17-11(2)9-19-15/h5-7,9,12,16H,8H2,1-4H3. The zero-order chi connectivity index (χ0) is 13.8. The molecule has 1 unspecified atom stereocenters. The summed E-state index contributed by atoms with van der Waals surface area (Å²) in [6.07, 6.45) is 0. The second kappa shape index (κ2) is 6.17. The van der Waals surface area contributed by atoms with Gasteiger partial charge < -0.3 is 10.1 Å². The average Bonchev–Trinajstić information content (AvgIpc) is 2.83. The molecule has 2 aromatic rings. The Balaban J connectivity index is 1.97. The highest BCUT2D eigenvalue weighted by Crippen LogP contribution is 2.20. The molecule has 0 bridgehead atoms. The smallest absolute Gasteiger partial charge is 0.121 e. The van der Waals surface area contributed by atoms with E-state index in [1.807, 2.05) is 13.0 Å². The Morgan fingerprint density at radius 1 is 1.37 bits per heavy atom. The Hall–Kier alpha value is -1.39. The van der Waals surface area contributed by atoms with Crippen LogP contribution in [0.1, 0.15) is 34.8 Å². The number of nitrogens with one attached hydrogen (secondary N) is 1. The van der Waals surface area contributed by atoms with Gasteiger partial charge in [-0.2, -0.15) is 0 Å². The number of nitrogens with zero attached hydrogens (tertiary/aromatic N) is 1. The number of methoxy groups -OCH3 is 1. The molecule has 102 valence electrons. The summed E-state index contributed by atoms with van der Waals surface area (Å²) < 4.78 is 5.27. The van der Waals surface area contributed by atoms with E-state index in [9.17, 15) is 0 Å². The molecule has 4 heteroatoms. The lowest BCUT2D eigenvalue weighted by molar-refractivity contribution is 0.411. The Bertz CT molecular complexity index is 551. The van der Waals surface area contributed by atoms with Gasteiger partial charge in [0.05, 0.1) is 13.2 Å². The largest absolute Gasteiger partial charge is 0.496 e. The van der Waals surface area contributed by atoms with Gasteiger partial charge in [0.2, 0.25) is 0 Å². The minimum Gasteiger partial charge on any atom is -0.496 e. The van der Waals surface area contributed by atoms with Crippen molar-refractivity contribution >= 4 is 11.3 Å². The maximum Gasteiger partial charge on any atom is 0.121 e. The van der Waals surface area contributed by atoms with Crippen molar-refractivity contribution in [3.05, 3.63) is 45.4 Å². The van der Waals surface area contributed by atoms with Crippen molar-refractivity contribution in [3.8, 4) is 5.75 Å². The second-order valence-corrected chi connectivity index (χ2v) is 5.62. The fraction of sp³-hybridized carbons (Fsp3) is 0.400. The maximum absolute atomic E-state index is 5.27. The molecule has 0 aliphatic carbocycles. The van der Waals surface area contributed by atoms with E-state index < -0.39 is 0 Å². The number of benzene rings is 1. The third kappa shape index (κ3) is 3.55. The SMILES string of the molecule is COc1ccc(CNC(C)c2nc(C)cs2)cc1C. The molecule has 0 saturated carbocycles.